The van der Waals surface area contributed by atoms with Crippen molar-refractivity contribution in [1.29, 1.82) is 0 Å². The van der Waals surface area contributed by atoms with Crippen LogP contribution in [-0.2, 0) is 14.3 Å². The Morgan fingerprint density at radius 2 is 2.16 bits per heavy atom. The molecule has 0 spiro atoms. The molecule has 5 heteroatoms. The van der Waals surface area contributed by atoms with Crippen LogP contribution in [0, 0.1) is 0 Å². The third-order valence-electron chi connectivity index (χ3n) is 2.74. The second-order valence-electron chi connectivity index (χ2n) is 4.24. The summed E-state index contributed by atoms with van der Waals surface area (Å²) >= 11 is 0. The summed E-state index contributed by atoms with van der Waals surface area (Å²) < 4.78 is 4.78. The monoisotopic (exact) mass is 264 g/mol. The Kier molecular flexibility index (Phi) is 5.85. The van der Waals surface area contributed by atoms with Gasteiger partial charge in [0.05, 0.1) is 18.9 Å². The van der Waals surface area contributed by atoms with E-state index in [2.05, 4.69) is 5.32 Å². The molecule has 0 saturated carbocycles. The van der Waals surface area contributed by atoms with Gasteiger partial charge in [-0.1, -0.05) is 12.1 Å². The summed E-state index contributed by atoms with van der Waals surface area (Å²) in [6.45, 7) is 4.18. The van der Waals surface area contributed by atoms with Crippen LogP contribution in [-0.4, -0.2) is 25.0 Å². The molecule has 1 aromatic carbocycles. The Bertz CT molecular complexity index is 446. The van der Waals surface area contributed by atoms with E-state index in [1.54, 1.807) is 26.0 Å². The smallest absolute Gasteiger partial charge is 0.307 e. The lowest BCUT2D eigenvalue weighted by Crippen LogP contribution is -2.30. The van der Waals surface area contributed by atoms with Gasteiger partial charge >= 0.3 is 5.97 Å². The Labute approximate surface area is 113 Å². The van der Waals surface area contributed by atoms with Crippen LogP contribution in [0.15, 0.2) is 24.3 Å². The lowest BCUT2D eigenvalue weighted by atomic mass is 10.00. The lowest BCUT2D eigenvalue weighted by Gasteiger charge is -2.12. The molecule has 0 heterocycles. The number of esters is 1. The summed E-state index contributed by atoms with van der Waals surface area (Å²) in [6.07, 6.45) is 0.184. The zero-order valence-corrected chi connectivity index (χ0v) is 11.3. The van der Waals surface area contributed by atoms with Crippen molar-refractivity contribution in [2.24, 2.45) is 0 Å². The van der Waals surface area contributed by atoms with Crippen molar-refractivity contribution >= 4 is 17.6 Å². The van der Waals surface area contributed by atoms with Gasteiger partial charge in [-0.2, -0.15) is 0 Å². The fourth-order valence-corrected chi connectivity index (χ4v) is 1.65. The van der Waals surface area contributed by atoms with Gasteiger partial charge in [-0.3, -0.25) is 9.59 Å². The first kappa shape index (κ1) is 15.0. The van der Waals surface area contributed by atoms with E-state index in [0.717, 1.165) is 5.56 Å². The minimum Gasteiger partial charge on any atom is -0.466 e. The molecule has 0 aromatic heterocycles. The van der Waals surface area contributed by atoms with Gasteiger partial charge in [0.2, 0.25) is 5.91 Å². The van der Waals surface area contributed by atoms with E-state index in [1.165, 1.54) is 0 Å². The summed E-state index contributed by atoms with van der Waals surface area (Å²) in [5.74, 6) is -0.736. The molecule has 1 unspecified atom stereocenters. The van der Waals surface area contributed by atoms with E-state index in [1.807, 2.05) is 12.1 Å². The molecular formula is C14H20N2O3. The first-order valence-electron chi connectivity index (χ1n) is 6.33. The lowest BCUT2D eigenvalue weighted by molar-refractivity contribution is -0.143. The molecular weight excluding hydrogens is 244 g/mol. The summed E-state index contributed by atoms with van der Waals surface area (Å²) in [6, 6.07) is 7.21. The fraction of sp³-hybridized carbons (Fsp3) is 0.429. The maximum atomic E-state index is 11.9. The minimum absolute atomic E-state index is 0.130. The predicted octanol–water partition coefficient (Wildman–Crippen LogP) is 1.44. The number of anilines is 1. The number of nitrogen functional groups attached to an aromatic ring is 1. The van der Waals surface area contributed by atoms with Crippen LogP contribution in [0.2, 0.25) is 0 Å². The quantitative estimate of drug-likeness (QED) is 0.601. The van der Waals surface area contributed by atoms with Gasteiger partial charge in [0.1, 0.15) is 0 Å². The van der Waals surface area contributed by atoms with Gasteiger partial charge in [0.15, 0.2) is 0 Å². The third kappa shape index (κ3) is 4.99. The predicted molar refractivity (Wildman–Crippen MR) is 73.5 cm³/mol. The van der Waals surface area contributed by atoms with Gasteiger partial charge in [-0.05, 0) is 31.5 Å². The van der Waals surface area contributed by atoms with E-state index in [-0.39, 0.29) is 30.8 Å². The molecule has 0 saturated heterocycles. The zero-order valence-electron chi connectivity index (χ0n) is 11.3. The number of amides is 1. The Balaban J connectivity index is 2.43. The molecule has 19 heavy (non-hydrogen) atoms. The SMILES string of the molecule is CCOC(=O)CCNC(=O)C(C)c1cccc(N)c1. The van der Waals surface area contributed by atoms with Gasteiger partial charge in [-0.25, -0.2) is 0 Å². The summed E-state index contributed by atoms with van der Waals surface area (Å²) in [5, 5.41) is 2.71. The Morgan fingerprint density at radius 1 is 1.42 bits per heavy atom. The van der Waals surface area contributed by atoms with Crippen molar-refractivity contribution in [2.45, 2.75) is 26.2 Å². The van der Waals surface area contributed by atoms with Crippen molar-refractivity contribution in [3.05, 3.63) is 29.8 Å². The highest BCUT2D eigenvalue weighted by atomic mass is 16.5. The van der Waals surface area contributed by atoms with E-state index in [4.69, 9.17) is 10.5 Å². The molecule has 0 radical (unpaired) electrons. The Morgan fingerprint density at radius 3 is 2.79 bits per heavy atom. The standard InChI is InChI=1S/C14H20N2O3/c1-3-19-13(17)7-8-16-14(18)10(2)11-5-4-6-12(15)9-11/h4-6,9-10H,3,7-8,15H2,1-2H3,(H,16,18). The summed E-state index contributed by atoms with van der Waals surface area (Å²) in [5.41, 5.74) is 7.16. The highest BCUT2D eigenvalue weighted by Gasteiger charge is 2.15. The normalized spacial score (nSPS) is 11.7. The Hall–Kier alpha value is -2.04. The van der Waals surface area contributed by atoms with Crippen molar-refractivity contribution in [1.82, 2.24) is 5.32 Å². The largest absolute Gasteiger partial charge is 0.466 e. The van der Waals surface area contributed by atoms with Crippen molar-refractivity contribution in [2.75, 3.05) is 18.9 Å². The maximum absolute atomic E-state index is 11.9. The topological polar surface area (TPSA) is 81.4 Å². The molecule has 0 aliphatic heterocycles. The average molecular weight is 264 g/mol. The number of nitrogens with two attached hydrogens (primary N) is 1. The van der Waals surface area contributed by atoms with Crippen LogP contribution in [0.1, 0.15) is 31.7 Å². The molecule has 3 N–H and O–H groups in total. The molecule has 1 amide bonds. The van der Waals surface area contributed by atoms with E-state index in [9.17, 15) is 9.59 Å². The van der Waals surface area contributed by atoms with Gasteiger partial charge < -0.3 is 15.8 Å². The first-order valence-corrected chi connectivity index (χ1v) is 6.33. The average Bonchev–Trinajstić information content (AvgIpc) is 2.38. The number of rotatable bonds is 6. The van der Waals surface area contributed by atoms with Gasteiger partial charge in [0, 0.05) is 12.2 Å². The van der Waals surface area contributed by atoms with E-state index < -0.39 is 0 Å². The first-order chi connectivity index (χ1) is 9.04. The number of carbonyl (C=O) groups excluding carboxylic acids is 2. The summed E-state index contributed by atoms with van der Waals surface area (Å²) in [4.78, 5) is 23.0. The molecule has 0 fully saturated rings. The van der Waals surface area contributed by atoms with E-state index >= 15 is 0 Å². The van der Waals surface area contributed by atoms with Crippen LogP contribution in [0.3, 0.4) is 0 Å². The highest BCUT2D eigenvalue weighted by Crippen LogP contribution is 2.17. The van der Waals surface area contributed by atoms with Crippen molar-refractivity contribution in [3.63, 3.8) is 0 Å². The molecule has 5 nitrogen and oxygen atoms in total. The molecule has 0 aliphatic carbocycles. The highest BCUT2D eigenvalue weighted by molar-refractivity contribution is 5.83. The van der Waals surface area contributed by atoms with Crippen LogP contribution in [0.4, 0.5) is 5.69 Å². The van der Waals surface area contributed by atoms with Crippen molar-refractivity contribution < 1.29 is 14.3 Å². The molecule has 1 atom stereocenters. The molecule has 1 rings (SSSR count). The van der Waals surface area contributed by atoms with Crippen LogP contribution >= 0.6 is 0 Å². The van der Waals surface area contributed by atoms with Crippen LogP contribution in [0.25, 0.3) is 0 Å². The number of ether oxygens (including phenoxy) is 1. The van der Waals surface area contributed by atoms with Gasteiger partial charge in [-0.15, -0.1) is 0 Å². The zero-order chi connectivity index (χ0) is 14.3. The minimum atomic E-state index is -0.306. The molecule has 1 aromatic rings. The number of hydrogen-bond donors (Lipinski definition) is 2. The molecule has 0 bridgehead atoms. The maximum Gasteiger partial charge on any atom is 0.307 e. The third-order valence-corrected chi connectivity index (χ3v) is 2.74. The number of carbonyl (C=O) groups is 2. The van der Waals surface area contributed by atoms with E-state index in [0.29, 0.717) is 12.3 Å². The number of benzene rings is 1. The van der Waals surface area contributed by atoms with Gasteiger partial charge in [0.25, 0.3) is 0 Å². The number of nitrogens with one attached hydrogen (secondary N) is 1. The second kappa shape index (κ2) is 7.41. The molecule has 104 valence electrons. The fourth-order valence-electron chi connectivity index (χ4n) is 1.65. The number of hydrogen-bond acceptors (Lipinski definition) is 4. The van der Waals surface area contributed by atoms with Crippen LogP contribution < -0.4 is 11.1 Å². The van der Waals surface area contributed by atoms with Crippen LogP contribution in [0.5, 0.6) is 0 Å². The summed E-state index contributed by atoms with van der Waals surface area (Å²) in [7, 11) is 0. The molecule has 0 aliphatic rings. The van der Waals surface area contributed by atoms with Crippen molar-refractivity contribution in [3.8, 4) is 0 Å². The second-order valence-corrected chi connectivity index (χ2v) is 4.24.